The van der Waals surface area contributed by atoms with Gasteiger partial charge in [-0.25, -0.2) is 4.39 Å². The SMILES string of the molecule is CC(C=CC1=C(C)CCCC1(C)C)=C(F)c1ccc(C(=O)NC(C)C)cc1O. The Hall–Kier alpha value is -2.36. The number of carbonyl (C=O) groups is 1. The highest BCUT2D eigenvalue weighted by Gasteiger charge is 2.26. The smallest absolute Gasteiger partial charge is 0.251 e. The Morgan fingerprint density at radius 1 is 1.32 bits per heavy atom. The second-order valence-corrected chi connectivity index (χ2v) is 8.62. The summed E-state index contributed by atoms with van der Waals surface area (Å²) in [5, 5.41) is 13.0. The monoisotopic (exact) mass is 385 g/mol. The Morgan fingerprint density at radius 2 is 2.00 bits per heavy atom. The maximum atomic E-state index is 14.9. The molecule has 0 heterocycles. The van der Waals surface area contributed by atoms with E-state index >= 15 is 0 Å². The lowest BCUT2D eigenvalue weighted by Crippen LogP contribution is -2.30. The first kappa shape index (κ1) is 21.9. The van der Waals surface area contributed by atoms with Gasteiger partial charge in [0.15, 0.2) is 0 Å². The van der Waals surface area contributed by atoms with E-state index in [0.717, 1.165) is 12.8 Å². The minimum Gasteiger partial charge on any atom is -0.507 e. The fourth-order valence-corrected chi connectivity index (χ4v) is 3.71. The molecule has 28 heavy (non-hydrogen) atoms. The van der Waals surface area contributed by atoms with Crippen LogP contribution in [0.2, 0.25) is 0 Å². The molecule has 1 amide bonds. The van der Waals surface area contributed by atoms with Crippen molar-refractivity contribution in [3.05, 3.63) is 58.2 Å². The summed E-state index contributed by atoms with van der Waals surface area (Å²) in [6, 6.07) is 4.27. The molecule has 0 saturated heterocycles. The Morgan fingerprint density at radius 3 is 2.57 bits per heavy atom. The van der Waals surface area contributed by atoms with Gasteiger partial charge in [0, 0.05) is 11.6 Å². The van der Waals surface area contributed by atoms with E-state index in [1.165, 1.54) is 35.8 Å². The third kappa shape index (κ3) is 5.12. The molecule has 0 saturated carbocycles. The summed E-state index contributed by atoms with van der Waals surface area (Å²) in [6.45, 7) is 12.0. The highest BCUT2D eigenvalue weighted by atomic mass is 19.1. The normalized spacial score (nSPS) is 17.9. The van der Waals surface area contributed by atoms with Gasteiger partial charge in [-0.05, 0) is 81.7 Å². The lowest BCUT2D eigenvalue weighted by Gasteiger charge is -2.33. The summed E-state index contributed by atoms with van der Waals surface area (Å²) >= 11 is 0. The molecule has 1 aromatic carbocycles. The molecular weight excluding hydrogens is 353 g/mol. The highest BCUT2D eigenvalue weighted by Crippen LogP contribution is 2.41. The molecule has 3 nitrogen and oxygen atoms in total. The van der Waals surface area contributed by atoms with Crippen molar-refractivity contribution in [1.82, 2.24) is 5.32 Å². The Bertz CT molecular complexity index is 844. The van der Waals surface area contributed by atoms with Gasteiger partial charge < -0.3 is 10.4 Å². The zero-order valence-electron chi connectivity index (χ0n) is 17.8. The van der Waals surface area contributed by atoms with Crippen LogP contribution < -0.4 is 5.32 Å². The molecule has 0 radical (unpaired) electrons. The Balaban J connectivity index is 2.29. The molecule has 1 aliphatic rings. The van der Waals surface area contributed by atoms with Crippen molar-refractivity contribution in [3.63, 3.8) is 0 Å². The Labute approximate surface area is 168 Å². The quantitative estimate of drug-likeness (QED) is 0.583. The first-order chi connectivity index (χ1) is 13.0. The van der Waals surface area contributed by atoms with E-state index in [1.54, 1.807) is 13.0 Å². The maximum Gasteiger partial charge on any atom is 0.251 e. The van der Waals surface area contributed by atoms with Crippen molar-refractivity contribution in [2.75, 3.05) is 0 Å². The lowest BCUT2D eigenvalue weighted by atomic mass is 9.72. The summed E-state index contributed by atoms with van der Waals surface area (Å²) in [5.41, 5.74) is 3.54. The second kappa shape index (κ2) is 8.76. The largest absolute Gasteiger partial charge is 0.507 e. The molecule has 4 heteroatoms. The minimum atomic E-state index is -0.489. The van der Waals surface area contributed by atoms with Crippen LogP contribution in [0.5, 0.6) is 5.75 Å². The van der Waals surface area contributed by atoms with Crippen LogP contribution in [-0.2, 0) is 0 Å². The first-order valence-corrected chi connectivity index (χ1v) is 9.92. The lowest BCUT2D eigenvalue weighted by molar-refractivity contribution is 0.0942. The number of hydrogen-bond donors (Lipinski definition) is 2. The summed E-state index contributed by atoms with van der Waals surface area (Å²) < 4.78 is 14.9. The van der Waals surface area contributed by atoms with Gasteiger partial charge in [0.05, 0.1) is 5.56 Å². The second-order valence-electron chi connectivity index (χ2n) is 8.62. The van der Waals surface area contributed by atoms with E-state index in [0.29, 0.717) is 11.1 Å². The zero-order valence-corrected chi connectivity index (χ0v) is 17.8. The average Bonchev–Trinajstić information content (AvgIpc) is 2.59. The molecule has 0 spiro atoms. The predicted octanol–water partition coefficient (Wildman–Crippen LogP) is 6.31. The van der Waals surface area contributed by atoms with Gasteiger partial charge in [-0.1, -0.05) is 31.6 Å². The van der Waals surface area contributed by atoms with Crippen LogP contribution in [0.4, 0.5) is 4.39 Å². The number of phenolic OH excluding ortho intramolecular Hbond substituents is 1. The van der Waals surface area contributed by atoms with E-state index in [1.807, 2.05) is 19.9 Å². The van der Waals surface area contributed by atoms with Crippen molar-refractivity contribution in [1.29, 1.82) is 0 Å². The number of hydrogen-bond acceptors (Lipinski definition) is 2. The maximum absolute atomic E-state index is 14.9. The van der Waals surface area contributed by atoms with Crippen molar-refractivity contribution >= 4 is 11.7 Å². The van der Waals surface area contributed by atoms with Gasteiger partial charge in [0.1, 0.15) is 11.6 Å². The van der Waals surface area contributed by atoms with E-state index in [-0.39, 0.29) is 28.7 Å². The molecule has 1 aliphatic carbocycles. The van der Waals surface area contributed by atoms with Crippen molar-refractivity contribution in [2.45, 2.75) is 66.8 Å². The highest BCUT2D eigenvalue weighted by molar-refractivity contribution is 5.95. The fourth-order valence-electron chi connectivity index (χ4n) is 3.71. The van der Waals surface area contributed by atoms with Crippen molar-refractivity contribution < 1.29 is 14.3 Å². The van der Waals surface area contributed by atoms with Crippen LogP contribution in [-0.4, -0.2) is 17.1 Å². The van der Waals surface area contributed by atoms with Crippen LogP contribution in [0.25, 0.3) is 5.83 Å². The molecule has 0 atom stereocenters. The summed E-state index contributed by atoms with van der Waals surface area (Å²) in [6.07, 6.45) is 7.17. The number of rotatable bonds is 5. The molecule has 0 aliphatic heterocycles. The zero-order chi connectivity index (χ0) is 21.1. The number of halogens is 1. The molecular formula is C24H32FNO2. The molecule has 152 valence electrons. The van der Waals surface area contributed by atoms with Crippen LogP contribution in [0.15, 0.2) is 47.1 Å². The third-order valence-corrected chi connectivity index (χ3v) is 5.30. The standard InChI is InChI=1S/C24H32FNO2/c1-15(2)26-23(28)18-10-11-19(21(27)14-18)22(25)17(4)9-12-20-16(3)8-7-13-24(20,5)6/h9-12,14-15,27H,7-8,13H2,1-6H3,(H,26,28). The van der Waals surface area contributed by atoms with Gasteiger partial charge in [0.2, 0.25) is 0 Å². The number of nitrogens with one attached hydrogen (secondary N) is 1. The molecule has 0 bridgehead atoms. The molecule has 0 aromatic heterocycles. The number of phenols is 1. The van der Waals surface area contributed by atoms with E-state index in [4.69, 9.17) is 0 Å². The molecule has 1 aromatic rings. The Kier molecular flexibility index (Phi) is 6.87. The first-order valence-electron chi connectivity index (χ1n) is 9.92. The molecule has 0 fully saturated rings. The number of allylic oxidation sites excluding steroid dienone is 5. The topological polar surface area (TPSA) is 49.3 Å². The van der Waals surface area contributed by atoms with Gasteiger partial charge in [-0.3, -0.25) is 4.79 Å². The predicted molar refractivity (Wildman–Crippen MR) is 114 cm³/mol. The minimum absolute atomic E-state index is 0.0138. The molecule has 0 unspecified atom stereocenters. The van der Waals surface area contributed by atoms with Crippen molar-refractivity contribution in [2.24, 2.45) is 5.41 Å². The van der Waals surface area contributed by atoms with Gasteiger partial charge in [-0.15, -0.1) is 0 Å². The number of aromatic hydroxyl groups is 1. The van der Waals surface area contributed by atoms with Gasteiger partial charge in [0.25, 0.3) is 5.91 Å². The summed E-state index contributed by atoms with van der Waals surface area (Å²) in [5.74, 6) is -1.02. The van der Waals surface area contributed by atoms with Gasteiger partial charge in [-0.2, -0.15) is 0 Å². The number of benzene rings is 1. The number of carbonyl (C=O) groups excluding carboxylic acids is 1. The van der Waals surface area contributed by atoms with Gasteiger partial charge >= 0.3 is 0 Å². The molecule has 2 N–H and O–H groups in total. The summed E-state index contributed by atoms with van der Waals surface area (Å²) in [4.78, 5) is 12.0. The van der Waals surface area contributed by atoms with Crippen molar-refractivity contribution in [3.8, 4) is 5.75 Å². The average molecular weight is 386 g/mol. The van der Waals surface area contributed by atoms with Crippen LogP contribution >= 0.6 is 0 Å². The van der Waals surface area contributed by atoms with E-state index < -0.39 is 5.83 Å². The third-order valence-electron chi connectivity index (χ3n) is 5.30. The molecule has 2 rings (SSSR count). The van der Waals surface area contributed by atoms with Crippen LogP contribution in [0.3, 0.4) is 0 Å². The van der Waals surface area contributed by atoms with E-state index in [9.17, 15) is 14.3 Å². The van der Waals surface area contributed by atoms with Crippen LogP contribution in [0, 0.1) is 5.41 Å². The van der Waals surface area contributed by atoms with Crippen LogP contribution in [0.1, 0.15) is 76.7 Å². The number of amides is 1. The summed E-state index contributed by atoms with van der Waals surface area (Å²) in [7, 11) is 0. The fraction of sp³-hybridized carbons (Fsp3) is 0.458. The van der Waals surface area contributed by atoms with E-state index in [2.05, 4.69) is 26.1 Å².